The van der Waals surface area contributed by atoms with Gasteiger partial charge in [-0.05, 0) is 55.7 Å². The van der Waals surface area contributed by atoms with Gasteiger partial charge in [0.05, 0.1) is 12.8 Å². The van der Waals surface area contributed by atoms with Crippen molar-refractivity contribution >= 4 is 11.7 Å². The van der Waals surface area contributed by atoms with Crippen LogP contribution in [0.2, 0.25) is 0 Å². The Morgan fingerprint density at radius 2 is 1.79 bits per heavy atom. The van der Waals surface area contributed by atoms with Gasteiger partial charge in [0, 0.05) is 5.56 Å². The average molecular weight is 518 g/mol. The van der Waals surface area contributed by atoms with E-state index in [1.54, 1.807) is 19.1 Å². The maximum atomic E-state index is 13.1. The first kappa shape index (κ1) is 26.5. The van der Waals surface area contributed by atoms with Gasteiger partial charge in [-0.2, -0.15) is 4.98 Å². The molecule has 1 aromatic heterocycles. The van der Waals surface area contributed by atoms with Gasteiger partial charge >= 0.3 is 5.97 Å². The van der Waals surface area contributed by atoms with Crippen molar-refractivity contribution in [1.82, 2.24) is 10.1 Å². The van der Waals surface area contributed by atoms with E-state index in [1.165, 1.54) is 25.6 Å². The highest BCUT2D eigenvalue weighted by Gasteiger charge is 2.25. The van der Waals surface area contributed by atoms with Crippen molar-refractivity contribution in [1.29, 1.82) is 0 Å². The van der Waals surface area contributed by atoms with Crippen LogP contribution in [0.4, 0.5) is 4.39 Å². The molecule has 0 aliphatic carbocycles. The van der Waals surface area contributed by atoms with Crippen molar-refractivity contribution in [3.8, 4) is 5.75 Å². The Kier molecular flexibility index (Phi) is 8.81. The minimum Gasteiger partial charge on any atom is -0.476 e. The number of carbonyl (C=O) groups excluding carboxylic acids is 1. The number of ether oxygens (including phenoxy) is 2. The van der Waals surface area contributed by atoms with Crippen LogP contribution in [0, 0.1) is 18.7 Å². The predicted molar refractivity (Wildman–Crippen MR) is 138 cm³/mol. The lowest BCUT2D eigenvalue weighted by molar-refractivity contribution is -0.143. The van der Waals surface area contributed by atoms with Crippen LogP contribution in [0.5, 0.6) is 5.75 Å². The van der Waals surface area contributed by atoms with E-state index in [4.69, 9.17) is 18.8 Å². The number of halogens is 1. The number of hydrogen-bond acceptors (Lipinski definition) is 8. The molecule has 1 heterocycles. The number of esters is 1. The molecule has 0 radical (unpaired) electrons. The molecule has 8 nitrogen and oxygen atoms in total. The van der Waals surface area contributed by atoms with E-state index in [1.807, 2.05) is 55.5 Å². The summed E-state index contributed by atoms with van der Waals surface area (Å²) >= 11 is 0. The second-order valence-corrected chi connectivity index (χ2v) is 8.75. The Morgan fingerprint density at radius 3 is 2.45 bits per heavy atom. The Labute approximate surface area is 220 Å². The number of hydrogen-bond donors (Lipinski definition) is 0. The minimum atomic E-state index is -0.640. The van der Waals surface area contributed by atoms with Gasteiger partial charge in [-0.3, -0.25) is 4.79 Å². The van der Waals surface area contributed by atoms with Crippen LogP contribution in [-0.4, -0.2) is 28.9 Å². The Morgan fingerprint density at radius 1 is 1.05 bits per heavy atom. The zero-order chi connectivity index (χ0) is 26.9. The smallest absolute Gasteiger partial charge is 0.314 e. The molecule has 0 fully saturated rings. The third kappa shape index (κ3) is 7.03. The second kappa shape index (κ2) is 12.6. The number of aromatic nitrogens is 2. The van der Waals surface area contributed by atoms with Gasteiger partial charge in [-0.1, -0.05) is 64.4 Å². The normalized spacial score (nSPS) is 13.0. The van der Waals surface area contributed by atoms with Crippen LogP contribution in [0.25, 0.3) is 0 Å². The maximum Gasteiger partial charge on any atom is 0.314 e. The lowest BCUT2D eigenvalue weighted by Crippen LogP contribution is -2.26. The molecule has 4 rings (SSSR count). The minimum absolute atomic E-state index is 0.152. The number of rotatable bonds is 11. The molecule has 0 N–H and O–H groups in total. The van der Waals surface area contributed by atoms with Gasteiger partial charge in [0.15, 0.2) is 6.33 Å². The van der Waals surface area contributed by atoms with Gasteiger partial charge in [0.1, 0.15) is 24.1 Å². The number of oxime groups is 1. The van der Waals surface area contributed by atoms with E-state index < -0.39 is 18.0 Å². The van der Waals surface area contributed by atoms with E-state index >= 15 is 0 Å². The molecule has 0 spiro atoms. The first-order valence-electron chi connectivity index (χ1n) is 12.0. The van der Waals surface area contributed by atoms with E-state index in [0.717, 1.165) is 22.3 Å². The van der Waals surface area contributed by atoms with Crippen molar-refractivity contribution in [2.75, 3.05) is 7.11 Å². The summed E-state index contributed by atoms with van der Waals surface area (Å²) < 4.78 is 29.6. The molecule has 38 heavy (non-hydrogen) atoms. The fourth-order valence-corrected chi connectivity index (χ4v) is 3.86. The SMILES string of the molecule is COC(=O)C(Cc1ccc(OC(c2cccc(C)c2)c2ncno2)cc1)C(C)=NOCc1ccc(F)cc1. The van der Waals surface area contributed by atoms with Crippen molar-refractivity contribution in [2.24, 2.45) is 11.1 Å². The highest BCUT2D eigenvalue weighted by molar-refractivity contribution is 6.00. The molecule has 2 atom stereocenters. The maximum absolute atomic E-state index is 13.1. The van der Waals surface area contributed by atoms with E-state index in [-0.39, 0.29) is 12.4 Å². The summed E-state index contributed by atoms with van der Waals surface area (Å²) in [5, 5.41) is 7.82. The van der Waals surface area contributed by atoms with E-state index in [2.05, 4.69) is 15.3 Å². The van der Waals surface area contributed by atoms with Crippen molar-refractivity contribution in [3.63, 3.8) is 0 Å². The fourth-order valence-electron chi connectivity index (χ4n) is 3.86. The number of methoxy groups -OCH3 is 1. The highest BCUT2D eigenvalue weighted by atomic mass is 19.1. The number of carbonyl (C=O) groups is 1. The third-order valence-corrected chi connectivity index (χ3v) is 5.91. The van der Waals surface area contributed by atoms with Crippen LogP contribution < -0.4 is 4.74 Å². The molecule has 3 aromatic carbocycles. The van der Waals surface area contributed by atoms with Gasteiger partial charge < -0.3 is 18.8 Å². The molecule has 196 valence electrons. The molecule has 0 aliphatic rings. The van der Waals surface area contributed by atoms with Gasteiger partial charge in [0.2, 0.25) is 6.10 Å². The Hall–Kier alpha value is -4.53. The Balaban J connectivity index is 1.44. The van der Waals surface area contributed by atoms with Crippen LogP contribution >= 0.6 is 0 Å². The van der Waals surface area contributed by atoms with Gasteiger partial charge in [0.25, 0.3) is 5.89 Å². The van der Waals surface area contributed by atoms with Gasteiger partial charge in [-0.25, -0.2) is 4.39 Å². The predicted octanol–water partition coefficient (Wildman–Crippen LogP) is 5.61. The van der Waals surface area contributed by atoms with Crippen LogP contribution in [0.15, 0.2) is 88.8 Å². The second-order valence-electron chi connectivity index (χ2n) is 8.75. The number of benzene rings is 3. The summed E-state index contributed by atoms with van der Waals surface area (Å²) in [7, 11) is 1.34. The summed E-state index contributed by atoms with van der Waals surface area (Å²) in [6.07, 6.45) is 1.12. The highest BCUT2D eigenvalue weighted by Crippen LogP contribution is 2.28. The summed E-state index contributed by atoms with van der Waals surface area (Å²) in [6.45, 7) is 3.86. The topological polar surface area (TPSA) is 96.0 Å². The summed E-state index contributed by atoms with van der Waals surface area (Å²) in [4.78, 5) is 22.1. The monoisotopic (exact) mass is 517 g/mol. The van der Waals surface area contributed by atoms with Crippen molar-refractivity contribution in [2.45, 2.75) is 33.0 Å². The zero-order valence-electron chi connectivity index (χ0n) is 21.3. The molecule has 0 amide bonds. The zero-order valence-corrected chi connectivity index (χ0v) is 21.3. The average Bonchev–Trinajstić information content (AvgIpc) is 3.46. The largest absolute Gasteiger partial charge is 0.476 e. The third-order valence-electron chi connectivity index (χ3n) is 5.91. The number of nitrogens with zero attached hydrogens (tertiary/aromatic N) is 3. The van der Waals surface area contributed by atoms with Crippen LogP contribution in [-0.2, 0) is 27.4 Å². The first-order chi connectivity index (χ1) is 18.4. The summed E-state index contributed by atoms with van der Waals surface area (Å²) in [5.41, 5.74) is 4.08. The lowest BCUT2D eigenvalue weighted by atomic mass is 9.95. The molecule has 0 saturated carbocycles. The van der Waals surface area contributed by atoms with Crippen LogP contribution in [0.3, 0.4) is 0 Å². The molecule has 9 heteroatoms. The van der Waals surface area contributed by atoms with Crippen molar-refractivity contribution < 1.29 is 28.0 Å². The molecule has 2 unspecified atom stereocenters. The first-order valence-corrected chi connectivity index (χ1v) is 12.0. The molecule has 0 bridgehead atoms. The molecular formula is C29H28FN3O5. The fraction of sp³-hybridized carbons (Fsp3) is 0.241. The summed E-state index contributed by atoms with van der Waals surface area (Å²) in [5.74, 6) is -0.443. The van der Waals surface area contributed by atoms with Crippen molar-refractivity contribution in [3.05, 3.63) is 113 Å². The lowest BCUT2D eigenvalue weighted by Gasteiger charge is -2.18. The van der Waals surface area contributed by atoms with E-state index in [9.17, 15) is 9.18 Å². The molecule has 0 aliphatic heterocycles. The molecule has 0 saturated heterocycles. The van der Waals surface area contributed by atoms with Gasteiger partial charge in [-0.15, -0.1) is 0 Å². The Bertz CT molecular complexity index is 1360. The number of aryl methyl sites for hydroxylation is 1. The molecular weight excluding hydrogens is 489 g/mol. The summed E-state index contributed by atoms with van der Waals surface area (Å²) in [6, 6.07) is 21.2. The standard InChI is InChI=1S/C29H28FN3O5/c1-19-5-4-6-23(15-19)27(28-31-18-32-38-28)37-25-13-9-21(10-14-25)16-26(29(34)35-3)20(2)33-36-17-22-7-11-24(30)12-8-22/h4-15,18,26-27H,16-17H2,1-3H3. The van der Waals surface area contributed by atoms with Crippen LogP contribution in [0.1, 0.15) is 41.2 Å². The molecule has 4 aromatic rings. The van der Waals surface area contributed by atoms with E-state index in [0.29, 0.717) is 23.8 Å². The quantitative estimate of drug-likeness (QED) is 0.145.